The van der Waals surface area contributed by atoms with Crippen molar-refractivity contribution < 1.29 is 14.3 Å². The zero-order chi connectivity index (χ0) is 14.3. The number of aromatic nitrogens is 3. The molecule has 20 heavy (non-hydrogen) atoms. The van der Waals surface area contributed by atoms with Gasteiger partial charge in [-0.15, -0.1) is 0 Å². The van der Waals surface area contributed by atoms with E-state index in [1.807, 2.05) is 25.1 Å². The molecular weight excluding hydrogens is 258 g/mol. The number of oxazole rings is 1. The van der Waals surface area contributed by atoms with Crippen LogP contribution in [0, 0.1) is 6.92 Å². The summed E-state index contributed by atoms with van der Waals surface area (Å²) < 4.78 is 6.88. The van der Waals surface area contributed by atoms with Gasteiger partial charge in [-0.3, -0.25) is 4.68 Å². The molecule has 0 amide bonds. The standard InChI is InChI=1S/C14H13N3O3/c1-3-17-12(14(18)19)7-10(16-17)9-4-5-13-11(6-9)15-8(2)20-13/h4-7H,3H2,1-2H3,(H,18,19). The lowest BCUT2D eigenvalue weighted by Crippen LogP contribution is -2.07. The molecule has 2 aromatic heterocycles. The number of carboxylic acids is 1. The Bertz CT molecular complexity index is 801. The van der Waals surface area contributed by atoms with Crippen LogP contribution in [0.25, 0.3) is 22.4 Å². The second kappa shape index (κ2) is 4.48. The minimum absolute atomic E-state index is 0.180. The normalized spacial score (nSPS) is 11.1. The zero-order valence-electron chi connectivity index (χ0n) is 11.1. The van der Waals surface area contributed by atoms with Crippen LogP contribution < -0.4 is 0 Å². The SMILES string of the molecule is CCn1nc(-c2ccc3oc(C)nc3c2)cc1C(=O)O. The Labute approximate surface area is 114 Å². The maximum Gasteiger partial charge on any atom is 0.354 e. The molecule has 0 unspecified atom stereocenters. The first-order valence-corrected chi connectivity index (χ1v) is 6.27. The molecule has 102 valence electrons. The molecule has 0 atom stereocenters. The van der Waals surface area contributed by atoms with Gasteiger partial charge in [0.15, 0.2) is 11.5 Å². The summed E-state index contributed by atoms with van der Waals surface area (Å²) in [6.45, 7) is 4.15. The van der Waals surface area contributed by atoms with Crippen molar-refractivity contribution in [2.24, 2.45) is 0 Å². The predicted molar refractivity (Wildman–Crippen MR) is 72.6 cm³/mol. The highest BCUT2D eigenvalue weighted by atomic mass is 16.4. The first-order chi connectivity index (χ1) is 9.58. The van der Waals surface area contributed by atoms with Crippen LogP contribution in [0.3, 0.4) is 0 Å². The van der Waals surface area contributed by atoms with Crippen LogP contribution in [-0.2, 0) is 6.54 Å². The Morgan fingerprint density at radius 3 is 2.85 bits per heavy atom. The molecule has 3 rings (SSSR count). The number of aromatic carboxylic acids is 1. The molecule has 0 spiro atoms. The number of hydrogen-bond donors (Lipinski definition) is 1. The van der Waals surface area contributed by atoms with Crippen molar-refractivity contribution in [3.05, 3.63) is 35.9 Å². The number of aryl methyl sites for hydroxylation is 2. The fourth-order valence-electron chi connectivity index (χ4n) is 2.17. The quantitative estimate of drug-likeness (QED) is 0.792. The first kappa shape index (κ1) is 12.4. The minimum Gasteiger partial charge on any atom is -0.477 e. The van der Waals surface area contributed by atoms with E-state index in [9.17, 15) is 4.79 Å². The van der Waals surface area contributed by atoms with Gasteiger partial charge in [0, 0.05) is 19.0 Å². The van der Waals surface area contributed by atoms with E-state index in [2.05, 4.69) is 10.1 Å². The lowest BCUT2D eigenvalue weighted by molar-refractivity contribution is 0.0683. The van der Waals surface area contributed by atoms with Crippen molar-refractivity contribution in [2.45, 2.75) is 20.4 Å². The Kier molecular flexibility index (Phi) is 2.78. The van der Waals surface area contributed by atoms with Gasteiger partial charge in [-0.05, 0) is 31.2 Å². The monoisotopic (exact) mass is 271 g/mol. The third kappa shape index (κ3) is 1.95. The van der Waals surface area contributed by atoms with Crippen LogP contribution in [0.1, 0.15) is 23.3 Å². The highest BCUT2D eigenvalue weighted by Gasteiger charge is 2.15. The summed E-state index contributed by atoms with van der Waals surface area (Å²) in [5.74, 6) is -0.383. The van der Waals surface area contributed by atoms with Gasteiger partial charge in [-0.2, -0.15) is 5.10 Å². The molecule has 0 aliphatic carbocycles. The topological polar surface area (TPSA) is 81.2 Å². The van der Waals surface area contributed by atoms with Gasteiger partial charge in [0.2, 0.25) is 0 Å². The third-order valence-corrected chi connectivity index (χ3v) is 3.09. The molecule has 3 aromatic rings. The van der Waals surface area contributed by atoms with Gasteiger partial charge < -0.3 is 9.52 Å². The van der Waals surface area contributed by atoms with E-state index < -0.39 is 5.97 Å². The average Bonchev–Trinajstić information content (AvgIpc) is 2.99. The van der Waals surface area contributed by atoms with Crippen LogP contribution >= 0.6 is 0 Å². The molecule has 0 saturated heterocycles. The Hall–Kier alpha value is -2.63. The summed E-state index contributed by atoms with van der Waals surface area (Å²) in [6, 6.07) is 7.08. The Balaban J connectivity index is 2.12. The Morgan fingerprint density at radius 2 is 2.20 bits per heavy atom. The fraction of sp³-hybridized carbons (Fsp3) is 0.214. The lowest BCUT2D eigenvalue weighted by Gasteiger charge is -1.98. The number of rotatable bonds is 3. The van der Waals surface area contributed by atoms with Crippen molar-refractivity contribution in [2.75, 3.05) is 0 Å². The molecule has 0 bridgehead atoms. The second-order valence-electron chi connectivity index (χ2n) is 4.45. The molecule has 1 aromatic carbocycles. The maximum atomic E-state index is 11.2. The zero-order valence-corrected chi connectivity index (χ0v) is 11.1. The first-order valence-electron chi connectivity index (χ1n) is 6.27. The van der Waals surface area contributed by atoms with Gasteiger partial charge in [0.1, 0.15) is 11.2 Å². The van der Waals surface area contributed by atoms with E-state index in [-0.39, 0.29) is 5.69 Å². The van der Waals surface area contributed by atoms with E-state index in [4.69, 9.17) is 9.52 Å². The summed E-state index contributed by atoms with van der Waals surface area (Å²) in [6.07, 6.45) is 0. The number of hydrogen-bond acceptors (Lipinski definition) is 4. The van der Waals surface area contributed by atoms with Crippen LogP contribution in [-0.4, -0.2) is 25.8 Å². The Morgan fingerprint density at radius 1 is 1.40 bits per heavy atom. The van der Waals surface area contributed by atoms with Crippen molar-refractivity contribution in [1.82, 2.24) is 14.8 Å². The molecule has 1 N–H and O–H groups in total. The summed E-state index contributed by atoms with van der Waals surface area (Å²) in [4.78, 5) is 15.4. The summed E-state index contributed by atoms with van der Waals surface area (Å²) in [7, 11) is 0. The number of nitrogens with zero attached hydrogens (tertiary/aromatic N) is 3. The van der Waals surface area contributed by atoms with E-state index in [1.54, 1.807) is 13.0 Å². The van der Waals surface area contributed by atoms with Crippen molar-refractivity contribution in [3.8, 4) is 11.3 Å². The van der Waals surface area contributed by atoms with Gasteiger partial charge in [-0.25, -0.2) is 9.78 Å². The molecule has 0 aliphatic heterocycles. The van der Waals surface area contributed by atoms with E-state index in [0.29, 0.717) is 23.7 Å². The molecule has 0 aliphatic rings. The molecular formula is C14H13N3O3. The van der Waals surface area contributed by atoms with Gasteiger partial charge in [-0.1, -0.05) is 0 Å². The van der Waals surface area contributed by atoms with Crippen LogP contribution in [0.5, 0.6) is 0 Å². The summed E-state index contributed by atoms with van der Waals surface area (Å²) >= 11 is 0. The lowest BCUT2D eigenvalue weighted by atomic mass is 10.1. The van der Waals surface area contributed by atoms with E-state index in [0.717, 1.165) is 11.1 Å². The van der Waals surface area contributed by atoms with Gasteiger partial charge >= 0.3 is 5.97 Å². The fourth-order valence-corrected chi connectivity index (χ4v) is 2.17. The van der Waals surface area contributed by atoms with Gasteiger partial charge in [0.05, 0.1) is 5.69 Å². The van der Waals surface area contributed by atoms with Crippen molar-refractivity contribution in [3.63, 3.8) is 0 Å². The molecule has 2 heterocycles. The number of carbonyl (C=O) groups is 1. The summed E-state index contributed by atoms with van der Waals surface area (Å²) in [5, 5.41) is 13.5. The number of carboxylic acid groups (broad SMARTS) is 1. The van der Waals surface area contributed by atoms with Crippen LogP contribution in [0.4, 0.5) is 0 Å². The molecule has 6 nitrogen and oxygen atoms in total. The molecule has 0 fully saturated rings. The average molecular weight is 271 g/mol. The third-order valence-electron chi connectivity index (χ3n) is 3.09. The molecule has 6 heteroatoms. The molecule has 0 saturated carbocycles. The largest absolute Gasteiger partial charge is 0.477 e. The van der Waals surface area contributed by atoms with E-state index in [1.165, 1.54) is 4.68 Å². The van der Waals surface area contributed by atoms with Gasteiger partial charge in [0.25, 0.3) is 0 Å². The molecule has 0 radical (unpaired) electrons. The highest BCUT2D eigenvalue weighted by Crippen LogP contribution is 2.24. The van der Waals surface area contributed by atoms with Crippen molar-refractivity contribution >= 4 is 17.1 Å². The highest BCUT2D eigenvalue weighted by molar-refractivity contribution is 5.88. The predicted octanol–water partition coefficient (Wildman–Crippen LogP) is 2.72. The van der Waals surface area contributed by atoms with Crippen LogP contribution in [0.2, 0.25) is 0 Å². The number of benzene rings is 1. The van der Waals surface area contributed by atoms with E-state index >= 15 is 0 Å². The summed E-state index contributed by atoms with van der Waals surface area (Å²) in [5.41, 5.74) is 3.06. The van der Waals surface area contributed by atoms with Crippen LogP contribution in [0.15, 0.2) is 28.7 Å². The maximum absolute atomic E-state index is 11.2. The number of fused-ring (bicyclic) bond motifs is 1. The minimum atomic E-state index is -0.982. The smallest absolute Gasteiger partial charge is 0.354 e. The second-order valence-corrected chi connectivity index (χ2v) is 4.45. The van der Waals surface area contributed by atoms with Crippen molar-refractivity contribution in [1.29, 1.82) is 0 Å².